The van der Waals surface area contributed by atoms with Crippen molar-refractivity contribution < 1.29 is 4.79 Å². The second-order valence-corrected chi connectivity index (χ2v) is 7.13. The fraction of sp³-hybridized carbons (Fsp3) is 0.261. The fourth-order valence-electron chi connectivity index (χ4n) is 3.61. The Morgan fingerprint density at radius 1 is 1.04 bits per heavy atom. The van der Waals surface area contributed by atoms with E-state index in [1.807, 2.05) is 47.5 Å². The standard InChI is InChI=1S/C23H23N3O/c1-17-9-11-18(12-10-17)22-24-14-13-21(25-22)20-8-5-15-26(16-20)23(27)19-6-3-2-4-7-19/h2-4,6-7,9-14,20H,5,8,15-16H2,1H3. The second-order valence-electron chi connectivity index (χ2n) is 7.13. The number of carbonyl (C=O) groups is 1. The molecule has 2 heterocycles. The van der Waals surface area contributed by atoms with E-state index in [0.717, 1.165) is 42.0 Å². The molecule has 1 aromatic heterocycles. The van der Waals surface area contributed by atoms with Gasteiger partial charge in [-0.05, 0) is 38.0 Å². The number of aromatic nitrogens is 2. The molecule has 0 aliphatic carbocycles. The summed E-state index contributed by atoms with van der Waals surface area (Å²) in [5, 5.41) is 0. The maximum absolute atomic E-state index is 12.8. The first-order valence-corrected chi connectivity index (χ1v) is 9.45. The van der Waals surface area contributed by atoms with E-state index < -0.39 is 0 Å². The summed E-state index contributed by atoms with van der Waals surface area (Å²) in [6, 6.07) is 19.8. The van der Waals surface area contributed by atoms with Crippen LogP contribution in [0.15, 0.2) is 66.9 Å². The summed E-state index contributed by atoms with van der Waals surface area (Å²) in [6.07, 6.45) is 3.87. The molecule has 136 valence electrons. The van der Waals surface area contributed by atoms with Gasteiger partial charge in [0.25, 0.3) is 5.91 Å². The summed E-state index contributed by atoms with van der Waals surface area (Å²) in [5.74, 6) is 1.10. The van der Waals surface area contributed by atoms with Gasteiger partial charge in [0.1, 0.15) is 0 Å². The number of amides is 1. The molecule has 1 fully saturated rings. The highest BCUT2D eigenvalue weighted by Gasteiger charge is 2.26. The summed E-state index contributed by atoms with van der Waals surface area (Å²) in [7, 11) is 0. The summed E-state index contributed by atoms with van der Waals surface area (Å²) in [5.41, 5.74) is 4.01. The SMILES string of the molecule is Cc1ccc(-c2nccc(C3CCCN(C(=O)c4ccccc4)C3)n2)cc1. The van der Waals surface area contributed by atoms with E-state index >= 15 is 0 Å². The Hall–Kier alpha value is -3.01. The lowest BCUT2D eigenvalue weighted by molar-refractivity contribution is 0.0706. The molecule has 0 spiro atoms. The van der Waals surface area contributed by atoms with Crippen LogP contribution in [0.2, 0.25) is 0 Å². The molecule has 1 saturated heterocycles. The van der Waals surface area contributed by atoms with Crippen molar-refractivity contribution in [3.63, 3.8) is 0 Å². The Morgan fingerprint density at radius 3 is 2.59 bits per heavy atom. The van der Waals surface area contributed by atoms with Crippen LogP contribution in [0.3, 0.4) is 0 Å². The highest BCUT2D eigenvalue weighted by atomic mass is 16.2. The highest BCUT2D eigenvalue weighted by Crippen LogP contribution is 2.27. The van der Waals surface area contributed by atoms with Gasteiger partial charge in [0, 0.05) is 42.0 Å². The lowest BCUT2D eigenvalue weighted by Gasteiger charge is -2.32. The molecule has 1 unspecified atom stereocenters. The lowest BCUT2D eigenvalue weighted by Crippen LogP contribution is -2.39. The van der Waals surface area contributed by atoms with Crippen LogP contribution in [-0.4, -0.2) is 33.9 Å². The van der Waals surface area contributed by atoms with E-state index in [2.05, 4.69) is 36.2 Å². The van der Waals surface area contributed by atoms with E-state index in [4.69, 9.17) is 4.98 Å². The molecule has 4 rings (SSSR count). The normalized spacial score (nSPS) is 16.9. The van der Waals surface area contributed by atoms with Gasteiger partial charge in [-0.3, -0.25) is 4.79 Å². The number of aryl methyl sites for hydroxylation is 1. The Kier molecular flexibility index (Phi) is 4.97. The van der Waals surface area contributed by atoms with Crippen LogP contribution in [0.4, 0.5) is 0 Å². The van der Waals surface area contributed by atoms with Gasteiger partial charge in [0.2, 0.25) is 0 Å². The van der Waals surface area contributed by atoms with Crippen LogP contribution >= 0.6 is 0 Å². The Labute approximate surface area is 159 Å². The van der Waals surface area contributed by atoms with Crippen molar-refractivity contribution in [2.45, 2.75) is 25.7 Å². The maximum Gasteiger partial charge on any atom is 0.253 e. The van der Waals surface area contributed by atoms with E-state index in [9.17, 15) is 4.79 Å². The van der Waals surface area contributed by atoms with Gasteiger partial charge in [-0.15, -0.1) is 0 Å². The van der Waals surface area contributed by atoms with E-state index in [1.165, 1.54) is 5.56 Å². The molecule has 0 bridgehead atoms. The van der Waals surface area contributed by atoms with Gasteiger partial charge in [0.15, 0.2) is 5.82 Å². The summed E-state index contributed by atoms with van der Waals surface area (Å²) in [4.78, 5) is 24.0. The summed E-state index contributed by atoms with van der Waals surface area (Å²) >= 11 is 0. The van der Waals surface area contributed by atoms with Crippen molar-refractivity contribution in [2.75, 3.05) is 13.1 Å². The molecule has 0 radical (unpaired) electrons. The predicted octanol–water partition coefficient (Wildman–Crippen LogP) is 4.47. The van der Waals surface area contributed by atoms with Crippen molar-refractivity contribution in [1.29, 1.82) is 0 Å². The van der Waals surface area contributed by atoms with Crippen LogP contribution in [-0.2, 0) is 0 Å². The molecule has 0 N–H and O–H groups in total. The van der Waals surface area contributed by atoms with Gasteiger partial charge >= 0.3 is 0 Å². The number of hydrogen-bond acceptors (Lipinski definition) is 3. The molecule has 0 saturated carbocycles. The minimum absolute atomic E-state index is 0.105. The molecular formula is C23H23N3O. The largest absolute Gasteiger partial charge is 0.338 e. The molecule has 4 nitrogen and oxygen atoms in total. The predicted molar refractivity (Wildman–Crippen MR) is 107 cm³/mol. The second kappa shape index (κ2) is 7.70. The van der Waals surface area contributed by atoms with Crippen molar-refractivity contribution >= 4 is 5.91 Å². The van der Waals surface area contributed by atoms with E-state index in [0.29, 0.717) is 6.54 Å². The first kappa shape index (κ1) is 17.4. The van der Waals surface area contributed by atoms with Crippen LogP contribution in [0.25, 0.3) is 11.4 Å². The molecule has 1 aliphatic heterocycles. The zero-order valence-electron chi connectivity index (χ0n) is 15.5. The Bertz CT molecular complexity index is 922. The van der Waals surface area contributed by atoms with Crippen LogP contribution in [0.5, 0.6) is 0 Å². The van der Waals surface area contributed by atoms with Crippen molar-refractivity contribution in [2.24, 2.45) is 0 Å². The Morgan fingerprint density at radius 2 is 1.81 bits per heavy atom. The number of likely N-dealkylation sites (tertiary alicyclic amines) is 1. The van der Waals surface area contributed by atoms with Gasteiger partial charge < -0.3 is 4.90 Å². The van der Waals surface area contributed by atoms with E-state index in [1.54, 1.807) is 0 Å². The smallest absolute Gasteiger partial charge is 0.253 e. The molecule has 27 heavy (non-hydrogen) atoms. The number of carbonyl (C=O) groups excluding carboxylic acids is 1. The van der Waals surface area contributed by atoms with Crippen LogP contribution in [0.1, 0.15) is 40.4 Å². The summed E-state index contributed by atoms with van der Waals surface area (Å²) < 4.78 is 0. The molecule has 1 amide bonds. The van der Waals surface area contributed by atoms with Crippen molar-refractivity contribution in [3.05, 3.63) is 83.7 Å². The fourth-order valence-corrected chi connectivity index (χ4v) is 3.61. The number of piperidine rings is 1. The third-order valence-electron chi connectivity index (χ3n) is 5.13. The zero-order chi connectivity index (χ0) is 18.6. The van der Waals surface area contributed by atoms with Gasteiger partial charge in [-0.1, -0.05) is 48.0 Å². The van der Waals surface area contributed by atoms with Crippen molar-refractivity contribution in [1.82, 2.24) is 14.9 Å². The first-order chi connectivity index (χ1) is 13.2. The number of benzene rings is 2. The topological polar surface area (TPSA) is 46.1 Å². The number of nitrogens with zero attached hydrogens (tertiary/aromatic N) is 3. The van der Waals surface area contributed by atoms with Gasteiger partial charge in [-0.2, -0.15) is 0 Å². The molecule has 2 aromatic carbocycles. The summed E-state index contributed by atoms with van der Waals surface area (Å²) in [6.45, 7) is 3.58. The minimum atomic E-state index is 0.105. The third kappa shape index (κ3) is 3.90. The maximum atomic E-state index is 12.8. The Balaban J connectivity index is 1.54. The highest BCUT2D eigenvalue weighted by molar-refractivity contribution is 5.94. The van der Waals surface area contributed by atoms with Gasteiger partial charge in [-0.25, -0.2) is 9.97 Å². The zero-order valence-corrected chi connectivity index (χ0v) is 15.5. The van der Waals surface area contributed by atoms with Crippen LogP contribution in [0, 0.1) is 6.92 Å². The minimum Gasteiger partial charge on any atom is -0.338 e. The van der Waals surface area contributed by atoms with Gasteiger partial charge in [0.05, 0.1) is 0 Å². The molecular weight excluding hydrogens is 334 g/mol. The third-order valence-corrected chi connectivity index (χ3v) is 5.13. The molecule has 1 atom stereocenters. The number of rotatable bonds is 3. The molecule has 1 aliphatic rings. The lowest BCUT2D eigenvalue weighted by atomic mass is 9.94. The average Bonchev–Trinajstić information content (AvgIpc) is 2.74. The monoisotopic (exact) mass is 357 g/mol. The molecule has 4 heteroatoms. The molecule has 3 aromatic rings. The first-order valence-electron chi connectivity index (χ1n) is 9.45. The van der Waals surface area contributed by atoms with E-state index in [-0.39, 0.29) is 11.8 Å². The van der Waals surface area contributed by atoms with Crippen molar-refractivity contribution in [3.8, 4) is 11.4 Å². The quantitative estimate of drug-likeness (QED) is 0.695. The number of hydrogen-bond donors (Lipinski definition) is 0. The van der Waals surface area contributed by atoms with Crippen LogP contribution < -0.4 is 0 Å². The average molecular weight is 357 g/mol.